The summed E-state index contributed by atoms with van der Waals surface area (Å²) < 4.78 is 5.10. The summed E-state index contributed by atoms with van der Waals surface area (Å²) in [5.41, 5.74) is 2.24. The molecule has 0 saturated carbocycles. The molecule has 2 aromatic heterocycles. The monoisotopic (exact) mass is 389 g/mol. The predicted octanol–water partition coefficient (Wildman–Crippen LogP) is 5.10. The molecule has 0 N–H and O–H groups in total. The quantitative estimate of drug-likeness (QED) is 0.445. The van der Waals surface area contributed by atoms with Gasteiger partial charge in [0.2, 0.25) is 0 Å². The van der Waals surface area contributed by atoms with Gasteiger partial charge in [-0.2, -0.15) is 0 Å². The van der Waals surface area contributed by atoms with E-state index < -0.39 is 0 Å². The third-order valence-corrected chi connectivity index (χ3v) is 5.50. The normalized spacial score (nSPS) is 10.9. The number of hydrogen-bond acceptors (Lipinski definition) is 5. The van der Waals surface area contributed by atoms with Gasteiger partial charge in [0.15, 0.2) is 0 Å². The largest absolute Gasteiger partial charge is 0.361 e. The van der Waals surface area contributed by atoms with Gasteiger partial charge in [0.25, 0.3) is 5.91 Å². The molecule has 5 nitrogen and oxygen atoms in total. The Bertz CT molecular complexity index is 1140. The molecule has 2 aromatic carbocycles. The molecule has 0 radical (unpaired) electrons. The van der Waals surface area contributed by atoms with Gasteiger partial charge in [0.05, 0.1) is 11.3 Å². The zero-order chi connectivity index (χ0) is 19.5. The number of anilines is 1. The number of fused-ring (bicyclic) bond motifs is 1. The van der Waals surface area contributed by atoms with E-state index in [9.17, 15) is 4.79 Å². The first-order chi connectivity index (χ1) is 13.6. The van der Waals surface area contributed by atoms with E-state index in [1.165, 1.54) is 11.8 Å². The van der Waals surface area contributed by atoms with Crippen molar-refractivity contribution in [3.8, 4) is 0 Å². The number of thioether (sulfide) groups is 1. The summed E-state index contributed by atoms with van der Waals surface area (Å²) in [6.07, 6.45) is 1.70. The summed E-state index contributed by atoms with van der Waals surface area (Å²) in [4.78, 5) is 19.2. The van der Waals surface area contributed by atoms with Crippen molar-refractivity contribution >= 4 is 34.1 Å². The van der Waals surface area contributed by atoms with Crippen molar-refractivity contribution in [3.05, 3.63) is 83.9 Å². The van der Waals surface area contributed by atoms with Crippen molar-refractivity contribution in [2.45, 2.75) is 17.7 Å². The van der Waals surface area contributed by atoms with Crippen LogP contribution in [0.3, 0.4) is 0 Å². The van der Waals surface area contributed by atoms with Crippen LogP contribution in [0.1, 0.15) is 21.8 Å². The highest BCUT2D eigenvalue weighted by Crippen LogP contribution is 2.27. The summed E-state index contributed by atoms with van der Waals surface area (Å²) in [5, 5.41) is 6.92. The number of hydrogen-bond donors (Lipinski definition) is 0. The van der Waals surface area contributed by atoms with Crippen molar-refractivity contribution in [1.82, 2.24) is 10.1 Å². The van der Waals surface area contributed by atoms with Crippen molar-refractivity contribution < 1.29 is 9.32 Å². The smallest absolute Gasteiger partial charge is 0.260 e. The van der Waals surface area contributed by atoms with E-state index in [0.717, 1.165) is 27.9 Å². The molecule has 0 atom stereocenters. The van der Waals surface area contributed by atoms with Crippen LogP contribution in [0.15, 0.2) is 76.4 Å². The average molecular weight is 389 g/mol. The second kappa shape index (κ2) is 7.86. The minimum absolute atomic E-state index is 0.0952. The van der Waals surface area contributed by atoms with Crippen LogP contribution in [0.5, 0.6) is 0 Å². The van der Waals surface area contributed by atoms with Gasteiger partial charge in [-0.25, -0.2) is 4.98 Å². The predicted molar refractivity (Wildman–Crippen MR) is 112 cm³/mol. The molecule has 0 spiro atoms. The molecule has 4 aromatic rings. The standard InChI is InChI=1S/C22H19N3O2S/c1-15-12-18(24-27-15)14-28-21-20(8-5-11-23-21)22(26)25(2)19-10-9-16-6-3-4-7-17(16)13-19/h3-13H,14H2,1-2H3. The maximum atomic E-state index is 13.2. The topological polar surface area (TPSA) is 59.2 Å². The maximum Gasteiger partial charge on any atom is 0.260 e. The van der Waals surface area contributed by atoms with Crippen LogP contribution in [0.4, 0.5) is 5.69 Å². The van der Waals surface area contributed by atoms with Crippen molar-refractivity contribution in [3.63, 3.8) is 0 Å². The first-order valence-corrected chi connectivity index (χ1v) is 9.87. The number of rotatable bonds is 5. The van der Waals surface area contributed by atoms with E-state index in [1.54, 1.807) is 24.2 Å². The average Bonchev–Trinajstić information content (AvgIpc) is 3.16. The van der Waals surface area contributed by atoms with E-state index in [0.29, 0.717) is 16.3 Å². The van der Waals surface area contributed by atoms with E-state index in [2.05, 4.69) is 16.2 Å². The lowest BCUT2D eigenvalue weighted by Gasteiger charge is -2.19. The molecule has 0 bridgehead atoms. The summed E-state index contributed by atoms with van der Waals surface area (Å²) in [6.45, 7) is 1.86. The molecule has 1 amide bonds. The molecular formula is C22H19N3O2S. The lowest BCUT2D eigenvalue weighted by molar-refractivity contribution is 0.0989. The fourth-order valence-corrected chi connectivity index (χ4v) is 3.85. The van der Waals surface area contributed by atoms with E-state index in [4.69, 9.17) is 4.52 Å². The summed E-state index contributed by atoms with van der Waals surface area (Å²) in [5.74, 6) is 1.26. The molecule has 6 heteroatoms. The number of pyridine rings is 1. The molecule has 0 aliphatic carbocycles. The molecular weight excluding hydrogens is 370 g/mol. The van der Waals surface area contributed by atoms with Gasteiger partial charge in [-0.3, -0.25) is 4.79 Å². The number of nitrogens with zero attached hydrogens (tertiary/aromatic N) is 3. The van der Waals surface area contributed by atoms with Crippen LogP contribution in [-0.2, 0) is 5.75 Å². The SMILES string of the molecule is Cc1cc(CSc2ncccc2C(=O)N(C)c2ccc3ccccc3c2)no1. The molecule has 0 aliphatic heterocycles. The van der Waals surface area contributed by atoms with Crippen molar-refractivity contribution in [1.29, 1.82) is 0 Å². The fraction of sp³-hybridized carbons (Fsp3) is 0.136. The number of carbonyl (C=O) groups excluding carboxylic acids is 1. The third-order valence-electron chi connectivity index (χ3n) is 4.46. The highest BCUT2D eigenvalue weighted by molar-refractivity contribution is 7.98. The Morgan fingerprint density at radius 2 is 1.89 bits per heavy atom. The Kier molecular flexibility index (Phi) is 5.12. The van der Waals surface area contributed by atoms with Gasteiger partial charge in [-0.15, -0.1) is 0 Å². The zero-order valence-electron chi connectivity index (χ0n) is 15.6. The molecule has 0 unspecified atom stereocenters. The van der Waals surface area contributed by atoms with Crippen LogP contribution in [0, 0.1) is 6.92 Å². The van der Waals surface area contributed by atoms with Crippen LogP contribution in [0.2, 0.25) is 0 Å². The number of amides is 1. The van der Waals surface area contributed by atoms with Gasteiger partial charge in [-0.05, 0) is 42.0 Å². The minimum Gasteiger partial charge on any atom is -0.361 e. The molecule has 28 heavy (non-hydrogen) atoms. The molecule has 0 aliphatic rings. The van der Waals surface area contributed by atoms with E-state index in [1.807, 2.05) is 55.5 Å². The fourth-order valence-electron chi connectivity index (χ4n) is 2.98. The Hall–Kier alpha value is -3.12. The molecule has 140 valence electrons. The molecule has 0 fully saturated rings. The van der Waals surface area contributed by atoms with Crippen LogP contribution >= 0.6 is 11.8 Å². The lowest BCUT2D eigenvalue weighted by atomic mass is 10.1. The highest BCUT2D eigenvalue weighted by atomic mass is 32.2. The minimum atomic E-state index is -0.0952. The van der Waals surface area contributed by atoms with Gasteiger partial charge >= 0.3 is 0 Å². The number of benzene rings is 2. The van der Waals surface area contributed by atoms with Gasteiger partial charge < -0.3 is 9.42 Å². The van der Waals surface area contributed by atoms with E-state index >= 15 is 0 Å². The first kappa shape index (κ1) is 18.3. The number of aryl methyl sites for hydroxylation is 1. The number of carbonyl (C=O) groups is 1. The highest BCUT2D eigenvalue weighted by Gasteiger charge is 2.19. The van der Waals surface area contributed by atoms with Crippen LogP contribution in [-0.4, -0.2) is 23.1 Å². The Balaban J connectivity index is 1.58. The molecule has 0 saturated heterocycles. The van der Waals surface area contributed by atoms with Crippen molar-refractivity contribution in [2.24, 2.45) is 0 Å². The molecule has 4 rings (SSSR count). The summed E-state index contributed by atoms with van der Waals surface area (Å²) >= 11 is 1.48. The summed E-state index contributed by atoms with van der Waals surface area (Å²) in [6, 6.07) is 19.6. The molecule has 2 heterocycles. The van der Waals surface area contributed by atoms with E-state index in [-0.39, 0.29) is 5.91 Å². The number of aromatic nitrogens is 2. The van der Waals surface area contributed by atoms with Crippen LogP contribution in [0.25, 0.3) is 10.8 Å². The van der Waals surface area contributed by atoms with Crippen LogP contribution < -0.4 is 4.90 Å². The maximum absolute atomic E-state index is 13.2. The second-order valence-electron chi connectivity index (χ2n) is 6.47. The van der Waals surface area contributed by atoms with Crippen molar-refractivity contribution in [2.75, 3.05) is 11.9 Å². The zero-order valence-corrected chi connectivity index (χ0v) is 16.4. The van der Waals surface area contributed by atoms with Gasteiger partial charge in [-0.1, -0.05) is 47.3 Å². The lowest BCUT2D eigenvalue weighted by Crippen LogP contribution is -2.26. The summed E-state index contributed by atoms with van der Waals surface area (Å²) in [7, 11) is 1.79. The Morgan fingerprint density at radius 3 is 2.68 bits per heavy atom. The Morgan fingerprint density at radius 1 is 1.07 bits per heavy atom. The Labute approximate surface area is 167 Å². The van der Waals surface area contributed by atoms with Gasteiger partial charge in [0.1, 0.15) is 10.8 Å². The second-order valence-corrected chi connectivity index (χ2v) is 7.43. The first-order valence-electron chi connectivity index (χ1n) is 8.89. The van der Waals surface area contributed by atoms with Gasteiger partial charge in [0, 0.05) is 30.8 Å². The third kappa shape index (κ3) is 3.77.